The maximum atomic E-state index is 9.50. The van der Waals surface area contributed by atoms with Crippen molar-refractivity contribution in [3.63, 3.8) is 0 Å². The summed E-state index contributed by atoms with van der Waals surface area (Å²) in [5.74, 6) is 0.304. The van der Waals surface area contributed by atoms with E-state index in [9.17, 15) is 5.11 Å². The number of aliphatic hydroxyl groups excluding tert-OH is 1. The van der Waals surface area contributed by atoms with E-state index in [4.69, 9.17) is 0 Å². The van der Waals surface area contributed by atoms with Crippen LogP contribution in [0.1, 0.15) is 16.0 Å². The van der Waals surface area contributed by atoms with Crippen LogP contribution in [0.4, 0.5) is 0 Å². The number of halogens is 1. The van der Waals surface area contributed by atoms with E-state index in [2.05, 4.69) is 59.3 Å². The Morgan fingerprint density at radius 3 is 2.39 bits per heavy atom. The predicted molar refractivity (Wildman–Crippen MR) is 81.2 cm³/mol. The molecule has 1 aromatic carbocycles. The second kappa shape index (κ2) is 6.50. The summed E-state index contributed by atoms with van der Waals surface area (Å²) in [6.45, 7) is 2.33. The van der Waals surface area contributed by atoms with Crippen molar-refractivity contribution in [1.82, 2.24) is 0 Å². The smallest absolute Gasteiger partial charge is 0.0701 e. The third-order valence-corrected chi connectivity index (χ3v) is 4.67. The van der Waals surface area contributed by atoms with Crippen LogP contribution in [-0.4, -0.2) is 11.7 Å². The summed E-state index contributed by atoms with van der Waals surface area (Å²) >= 11 is 5.22. The van der Waals surface area contributed by atoms with E-state index in [0.29, 0.717) is 5.92 Å². The highest BCUT2D eigenvalue weighted by atomic mass is 79.9. The molecule has 0 saturated carbocycles. The molecule has 1 unspecified atom stereocenters. The molecule has 3 heteroatoms. The number of thiophene rings is 1. The van der Waals surface area contributed by atoms with Crippen molar-refractivity contribution in [3.8, 4) is 0 Å². The molecule has 18 heavy (non-hydrogen) atoms. The Hall–Kier alpha value is -0.640. The number of aryl methyl sites for hydroxylation is 1. The third kappa shape index (κ3) is 3.94. The maximum absolute atomic E-state index is 9.50. The van der Waals surface area contributed by atoms with Crippen molar-refractivity contribution in [1.29, 1.82) is 0 Å². The first-order valence-electron chi connectivity index (χ1n) is 6.08. The fourth-order valence-electron chi connectivity index (χ4n) is 2.00. The molecule has 0 aliphatic carbocycles. The van der Waals surface area contributed by atoms with Gasteiger partial charge in [0, 0.05) is 11.5 Å². The Morgan fingerprint density at radius 1 is 1.11 bits per heavy atom. The minimum Gasteiger partial charge on any atom is -0.396 e. The Labute approximate surface area is 121 Å². The number of rotatable bonds is 5. The molecule has 1 N–H and O–H groups in total. The quantitative estimate of drug-likeness (QED) is 0.873. The lowest BCUT2D eigenvalue weighted by atomic mass is 9.96. The van der Waals surface area contributed by atoms with Crippen LogP contribution in [0.15, 0.2) is 40.2 Å². The zero-order valence-electron chi connectivity index (χ0n) is 10.4. The summed E-state index contributed by atoms with van der Waals surface area (Å²) in [6, 6.07) is 12.8. The third-order valence-electron chi connectivity index (χ3n) is 3.02. The molecule has 0 bridgehead atoms. The van der Waals surface area contributed by atoms with Gasteiger partial charge in [0.15, 0.2) is 0 Å². The number of benzene rings is 1. The Morgan fingerprint density at radius 2 is 1.83 bits per heavy atom. The highest BCUT2D eigenvalue weighted by Crippen LogP contribution is 2.25. The first-order chi connectivity index (χ1) is 8.67. The Balaban J connectivity index is 1.99. The van der Waals surface area contributed by atoms with E-state index in [1.54, 1.807) is 11.3 Å². The molecule has 0 saturated heterocycles. The summed E-state index contributed by atoms with van der Waals surface area (Å²) < 4.78 is 1.16. The van der Waals surface area contributed by atoms with Crippen LogP contribution < -0.4 is 0 Å². The lowest BCUT2D eigenvalue weighted by molar-refractivity contribution is 0.225. The first-order valence-corrected chi connectivity index (χ1v) is 7.69. The summed E-state index contributed by atoms with van der Waals surface area (Å²) in [5.41, 5.74) is 2.58. The van der Waals surface area contributed by atoms with Gasteiger partial charge in [-0.05, 0) is 59.3 Å². The van der Waals surface area contributed by atoms with Crippen LogP contribution in [-0.2, 0) is 12.8 Å². The van der Waals surface area contributed by atoms with Gasteiger partial charge in [0.25, 0.3) is 0 Å². The molecule has 1 atom stereocenters. The van der Waals surface area contributed by atoms with E-state index < -0.39 is 0 Å². The van der Waals surface area contributed by atoms with Gasteiger partial charge in [-0.15, -0.1) is 11.3 Å². The first kappa shape index (κ1) is 13.8. The van der Waals surface area contributed by atoms with Gasteiger partial charge in [0.2, 0.25) is 0 Å². The van der Waals surface area contributed by atoms with Gasteiger partial charge in [-0.1, -0.05) is 29.8 Å². The summed E-state index contributed by atoms with van der Waals surface area (Å²) in [4.78, 5) is 1.33. The molecule has 0 aliphatic rings. The molecule has 1 aromatic heterocycles. The highest BCUT2D eigenvalue weighted by Gasteiger charge is 2.11. The minimum atomic E-state index is 0.239. The molecule has 0 aliphatic heterocycles. The molecular formula is C15H17BrOS. The fraction of sp³-hybridized carbons (Fsp3) is 0.333. The molecule has 0 amide bonds. The molecule has 1 nitrogen and oxygen atoms in total. The van der Waals surface area contributed by atoms with Gasteiger partial charge in [0.05, 0.1) is 3.79 Å². The van der Waals surface area contributed by atoms with Crippen LogP contribution >= 0.6 is 27.3 Å². The Kier molecular flexibility index (Phi) is 4.98. The van der Waals surface area contributed by atoms with E-state index in [-0.39, 0.29) is 6.61 Å². The van der Waals surface area contributed by atoms with Crippen molar-refractivity contribution in [2.75, 3.05) is 6.61 Å². The minimum absolute atomic E-state index is 0.239. The summed E-state index contributed by atoms with van der Waals surface area (Å²) in [6.07, 6.45) is 1.88. The molecular weight excluding hydrogens is 308 g/mol. The molecule has 2 aromatic rings. The number of aliphatic hydroxyl groups is 1. The van der Waals surface area contributed by atoms with Crippen LogP contribution in [0.25, 0.3) is 0 Å². The topological polar surface area (TPSA) is 20.2 Å². The van der Waals surface area contributed by atoms with Gasteiger partial charge in [-0.25, -0.2) is 0 Å². The van der Waals surface area contributed by atoms with Crippen molar-refractivity contribution in [2.45, 2.75) is 19.8 Å². The van der Waals surface area contributed by atoms with E-state index >= 15 is 0 Å². The van der Waals surface area contributed by atoms with Gasteiger partial charge in [-0.3, -0.25) is 0 Å². The average Bonchev–Trinajstić information content (AvgIpc) is 2.77. The molecule has 2 rings (SSSR count). The van der Waals surface area contributed by atoms with E-state index in [1.165, 1.54) is 16.0 Å². The highest BCUT2D eigenvalue weighted by molar-refractivity contribution is 9.11. The molecule has 0 radical (unpaired) electrons. The van der Waals surface area contributed by atoms with Gasteiger partial charge in [0.1, 0.15) is 0 Å². The standard InChI is InChI=1S/C15H17BrOS/c1-11-2-4-12(5-3-11)8-13(10-17)9-14-6-7-15(16)18-14/h2-7,13,17H,8-10H2,1H3. The monoisotopic (exact) mass is 324 g/mol. The van der Waals surface area contributed by atoms with Crippen molar-refractivity contribution >= 4 is 27.3 Å². The molecule has 1 heterocycles. The van der Waals surface area contributed by atoms with Crippen LogP contribution in [0.3, 0.4) is 0 Å². The summed E-state index contributed by atoms with van der Waals surface area (Å²) in [7, 11) is 0. The predicted octanol–water partition coefficient (Wildman–Crippen LogP) is 4.21. The van der Waals surface area contributed by atoms with Crippen molar-refractivity contribution in [3.05, 3.63) is 56.2 Å². The lowest BCUT2D eigenvalue weighted by Gasteiger charge is -2.13. The second-order valence-electron chi connectivity index (χ2n) is 4.65. The second-order valence-corrected chi connectivity index (χ2v) is 7.20. The van der Waals surface area contributed by atoms with Gasteiger partial charge < -0.3 is 5.11 Å². The largest absolute Gasteiger partial charge is 0.396 e. The number of hydrogen-bond acceptors (Lipinski definition) is 2. The van der Waals surface area contributed by atoms with Gasteiger partial charge in [-0.2, -0.15) is 0 Å². The van der Waals surface area contributed by atoms with Gasteiger partial charge >= 0.3 is 0 Å². The van der Waals surface area contributed by atoms with Crippen molar-refractivity contribution in [2.24, 2.45) is 5.92 Å². The Bertz CT molecular complexity index is 489. The van der Waals surface area contributed by atoms with Crippen molar-refractivity contribution < 1.29 is 5.11 Å². The summed E-state index contributed by atoms with van der Waals surface area (Å²) in [5, 5.41) is 9.50. The molecule has 0 spiro atoms. The van der Waals surface area contributed by atoms with Crippen LogP contribution in [0.5, 0.6) is 0 Å². The fourth-order valence-corrected chi connectivity index (χ4v) is 3.60. The van der Waals surface area contributed by atoms with Crippen LogP contribution in [0, 0.1) is 12.8 Å². The maximum Gasteiger partial charge on any atom is 0.0701 e. The molecule has 0 fully saturated rings. The van der Waals surface area contributed by atoms with E-state index in [0.717, 1.165) is 16.6 Å². The number of hydrogen-bond donors (Lipinski definition) is 1. The molecule has 96 valence electrons. The average molecular weight is 325 g/mol. The normalized spacial score (nSPS) is 12.6. The van der Waals surface area contributed by atoms with E-state index in [1.807, 2.05) is 0 Å². The zero-order valence-corrected chi connectivity index (χ0v) is 12.8. The zero-order chi connectivity index (χ0) is 13.0. The van der Waals surface area contributed by atoms with Crippen LogP contribution in [0.2, 0.25) is 0 Å². The lowest BCUT2D eigenvalue weighted by Crippen LogP contribution is -2.12. The SMILES string of the molecule is Cc1ccc(CC(CO)Cc2ccc(Br)s2)cc1.